The van der Waals surface area contributed by atoms with E-state index < -0.39 is 47.0 Å². The number of amides is 4. The highest BCUT2D eigenvalue weighted by molar-refractivity contribution is 5.91. The third-order valence-corrected chi connectivity index (χ3v) is 7.23. The van der Waals surface area contributed by atoms with Crippen LogP contribution in [0.4, 0.5) is 14.4 Å². The molecule has 1 rings (SSSR count). The van der Waals surface area contributed by atoms with Crippen molar-refractivity contribution in [3.63, 3.8) is 0 Å². The Balaban J connectivity index is 2.87. The van der Waals surface area contributed by atoms with Crippen molar-refractivity contribution in [2.75, 3.05) is 19.6 Å². The second-order valence-corrected chi connectivity index (χ2v) is 16.0. The monoisotopic (exact) mass is 748 g/mol. The Morgan fingerprint density at radius 3 is 1.62 bits per heavy atom. The zero-order chi connectivity index (χ0) is 40.1. The van der Waals surface area contributed by atoms with Gasteiger partial charge in [-0.2, -0.15) is 0 Å². The molecule has 0 bridgehead atoms. The van der Waals surface area contributed by atoms with Crippen LogP contribution < -0.4 is 21.3 Å². The summed E-state index contributed by atoms with van der Waals surface area (Å²) in [5.41, 5.74) is -1.19. The zero-order valence-corrected chi connectivity index (χ0v) is 33.3. The lowest BCUT2D eigenvalue weighted by Crippen LogP contribution is -2.45. The first kappa shape index (κ1) is 46.7. The van der Waals surface area contributed by atoms with Crippen LogP contribution in [-0.4, -0.2) is 78.4 Å². The van der Waals surface area contributed by atoms with E-state index in [1.54, 1.807) is 62.3 Å². The van der Waals surface area contributed by atoms with Crippen LogP contribution in [-0.2, 0) is 39.9 Å². The van der Waals surface area contributed by atoms with E-state index in [2.05, 4.69) is 21.3 Å². The Kier molecular flexibility index (Phi) is 20.5. The Bertz CT molecular complexity index is 1300. The second kappa shape index (κ2) is 23.3. The van der Waals surface area contributed by atoms with Gasteiger partial charge in [0.25, 0.3) is 0 Å². The number of hydrogen-bond acceptors (Lipinski definition) is 10. The standard InChI is InChI=1S/C39H64N4O10/c1-37(2,3)51-34(47)41-23-15-13-20-29(33(46)40-25-17-22-32(45)50-27-28-18-11-10-12-19-28)26-31(44)30(43-36(49)53-39(7,8)9)21-14-16-24-42-35(48)52-38(4,5)6/h10-12,18-19,29-30H,13-17,20-27H2,1-9H3,(H,40,46)(H,41,47)(H,42,48)(H,43,49). The molecular formula is C39H64N4O10. The first-order valence-corrected chi connectivity index (χ1v) is 18.6. The summed E-state index contributed by atoms with van der Waals surface area (Å²) >= 11 is 0. The predicted octanol–water partition coefficient (Wildman–Crippen LogP) is 6.48. The molecule has 14 nitrogen and oxygen atoms in total. The molecule has 14 heteroatoms. The van der Waals surface area contributed by atoms with E-state index in [1.807, 2.05) is 30.3 Å². The van der Waals surface area contributed by atoms with Crippen molar-refractivity contribution in [2.24, 2.45) is 5.92 Å². The van der Waals surface area contributed by atoms with E-state index in [0.717, 1.165) is 5.56 Å². The summed E-state index contributed by atoms with van der Waals surface area (Å²) in [6.45, 7) is 16.8. The van der Waals surface area contributed by atoms with E-state index in [0.29, 0.717) is 51.6 Å². The Morgan fingerprint density at radius 2 is 1.09 bits per heavy atom. The van der Waals surface area contributed by atoms with Crippen LogP contribution in [0.3, 0.4) is 0 Å². The molecule has 0 saturated carbocycles. The van der Waals surface area contributed by atoms with Gasteiger partial charge >= 0.3 is 24.2 Å². The Labute approximate surface area is 315 Å². The third kappa shape index (κ3) is 25.3. The highest BCUT2D eigenvalue weighted by Crippen LogP contribution is 2.18. The smallest absolute Gasteiger partial charge is 0.408 e. The van der Waals surface area contributed by atoms with Crippen LogP contribution in [0.1, 0.15) is 126 Å². The van der Waals surface area contributed by atoms with E-state index in [-0.39, 0.29) is 50.1 Å². The van der Waals surface area contributed by atoms with Gasteiger partial charge in [0.1, 0.15) is 23.4 Å². The van der Waals surface area contributed by atoms with Gasteiger partial charge in [0, 0.05) is 38.4 Å². The summed E-state index contributed by atoms with van der Waals surface area (Å²) in [7, 11) is 0. The van der Waals surface area contributed by atoms with Crippen molar-refractivity contribution in [1.82, 2.24) is 21.3 Å². The minimum Gasteiger partial charge on any atom is -0.461 e. The van der Waals surface area contributed by atoms with Gasteiger partial charge in [-0.3, -0.25) is 14.4 Å². The number of rotatable bonds is 21. The van der Waals surface area contributed by atoms with Gasteiger partial charge in [-0.05, 0) is 106 Å². The lowest BCUT2D eigenvalue weighted by molar-refractivity contribution is -0.145. The van der Waals surface area contributed by atoms with Crippen molar-refractivity contribution < 1.29 is 47.7 Å². The summed E-state index contributed by atoms with van der Waals surface area (Å²) in [6, 6.07) is 8.39. The molecule has 2 unspecified atom stereocenters. The van der Waals surface area contributed by atoms with Crippen molar-refractivity contribution in [3.8, 4) is 0 Å². The SMILES string of the molecule is CC(C)(C)OC(=O)NCCCCC(CC(=O)C(CCCCNC(=O)OC(C)(C)C)NC(=O)OC(C)(C)C)C(=O)NCCCC(=O)OCc1ccccc1. The molecule has 0 heterocycles. The lowest BCUT2D eigenvalue weighted by Gasteiger charge is -2.24. The summed E-state index contributed by atoms with van der Waals surface area (Å²) < 4.78 is 21.2. The number of carbonyl (C=O) groups excluding carboxylic acids is 6. The second-order valence-electron chi connectivity index (χ2n) is 16.0. The molecule has 4 amide bonds. The van der Waals surface area contributed by atoms with Crippen LogP contribution in [0.25, 0.3) is 0 Å². The number of benzene rings is 1. The van der Waals surface area contributed by atoms with E-state index in [4.69, 9.17) is 18.9 Å². The van der Waals surface area contributed by atoms with Crippen LogP contribution in [0, 0.1) is 5.92 Å². The average Bonchev–Trinajstić information content (AvgIpc) is 3.02. The summed E-state index contributed by atoms with van der Waals surface area (Å²) in [6.07, 6.45) is 1.12. The molecule has 0 spiro atoms. The maximum Gasteiger partial charge on any atom is 0.408 e. The number of Topliss-reactive ketones (excluding diaryl/α,β-unsaturated/α-hetero) is 1. The van der Waals surface area contributed by atoms with Gasteiger partial charge in [-0.25, -0.2) is 14.4 Å². The highest BCUT2D eigenvalue weighted by atomic mass is 16.6. The maximum atomic E-state index is 13.7. The molecule has 4 N–H and O–H groups in total. The van der Waals surface area contributed by atoms with Gasteiger partial charge in [0.2, 0.25) is 5.91 Å². The first-order chi connectivity index (χ1) is 24.6. The third-order valence-electron chi connectivity index (χ3n) is 7.23. The lowest BCUT2D eigenvalue weighted by atomic mass is 9.91. The Morgan fingerprint density at radius 1 is 0.604 bits per heavy atom. The molecule has 1 aromatic rings. The molecule has 0 fully saturated rings. The number of carbonyl (C=O) groups is 6. The van der Waals surface area contributed by atoms with Crippen LogP contribution in [0.5, 0.6) is 0 Å². The van der Waals surface area contributed by atoms with Crippen LogP contribution in [0.2, 0.25) is 0 Å². The largest absolute Gasteiger partial charge is 0.461 e. The number of hydrogen-bond donors (Lipinski definition) is 4. The molecule has 0 saturated heterocycles. The number of ketones is 1. The van der Waals surface area contributed by atoms with Crippen LogP contribution >= 0.6 is 0 Å². The molecule has 0 aliphatic heterocycles. The number of nitrogens with one attached hydrogen (secondary N) is 4. The molecule has 0 aliphatic rings. The molecule has 53 heavy (non-hydrogen) atoms. The van der Waals surface area contributed by atoms with Gasteiger partial charge in [0.05, 0.1) is 6.04 Å². The van der Waals surface area contributed by atoms with Crippen molar-refractivity contribution in [1.29, 1.82) is 0 Å². The molecule has 2 atom stereocenters. The van der Waals surface area contributed by atoms with Crippen LogP contribution in [0.15, 0.2) is 30.3 Å². The van der Waals surface area contributed by atoms with Gasteiger partial charge < -0.3 is 40.2 Å². The fourth-order valence-corrected chi connectivity index (χ4v) is 4.87. The minimum atomic E-state index is -0.935. The van der Waals surface area contributed by atoms with Crippen molar-refractivity contribution in [2.45, 2.75) is 150 Å². The molecule has 0 aromatic heterocycles. The summed E-state index contributed by atoms with van der Waals surface area (Å²) in [4.78, 5) is 76.2. The van der Waals surface area contributed by atoms with Gasteiger partial charge in [-0.15, -0.1) is 0 Å². The zero-order valence-electron chi connectivity index (χ0n) is 33.3. The van der Waals surface area contributed by atoms with E-state index >= 15 is 0 Å². The summed E-state index contributed by atoms with van der Waals surface area (Å²) in [5.74, 6) is -1.81. The van der Waals surface area contributed by atoms with E-state index in [1.165, 1.54) is 0 Å². The summed E-state index contributed by atoms with van der Waals surface area (Å²) in [5, 5.41) is 10.9. The Hall–Kier alpha value is -4.36. The topological polar surface area (TPSA) is 187 Å². The predicted molar refractivity (Wildman–Crippen MR) is 201 cm³/mol. The molecule has 1 aromatic carbocycles. The fraction of sp³-hybridized carbons (Fsp3) is 0.692. The fourth-order valence-electron chi connectivity index (χ4n) is 4.87. The normalized spacial score (nSPS) is 12.8. The quantitative estimate of drug-likeness (QED) is 0.0615. The molecule has 300 valence electrons. The number of unbranched alkanes of at least 4 members (excludes halogenated alkanes) is 2. The molecule has 0 radical (unpaired) electrons. The van der Waals surface area contributed by atoms with Crippen molar-refractivity contribution in [3.05, 3.63) is 35.9 Å². The average molecular weight is 749 g/mol. The number of alkyl carbamates (subject to hydrolysis) is 3. The van der Waals surface area contributed by atoms with Gasteiger partial charge in [0.15, 0.2) is 5.78 Å². The highest BCUT2D eigenvalue weighted by Gasteiger charge is 2.29. The maximum absolute atomic E-state index is 13.7. The number of esters is 1. The number of ether oxygens (including phenoxy) is 4. The minimum absolute atomic E-state index is 0.109. The van der Waals surface area contributed by atoms with Crippen molar-refractivity contribution >= 4 is 35.9 Å². The van der Waals surface area contributed by atoms with Gasteiger partial charge in [-0.1, -0.05) is 36.8 Å². The molecular weight excluding hydrogens is 684 g/mol. The van der Waals surface area contributed by atoms with E-state index in [9.17, 15) is 28.8 Å². The first-order valence-electron chi connectivity index (χ1n) is 18.6. The molecule has 0 aliphatic carbocycles.